The molecule has 1 amide bonds. The van der Waals surface area contributed by atoms with Gasteiger partial charge in [0, 0.05) is 100.0 Å². The second-order valence-electron chi connectivity index (χ2n) is 18.4. The molecule has 388 valence electrons. The zero-order valence-electron chi connectivity index (χ0n) is 46.4. The summed E-state index contributed by atoms with van der Waals surface area (Å²) in [6, 6.07) is 29.7. The SMILES string of the molecule is CCc1c(-c2ccc3ncc(NC=O)n3c2)c(-c2cccc(C)n2)nn1C.[C-]#[N+]c1cnc2ccc(-c3c(-c4cccc(C)n4)n[nH]c3CC)cn12.[C-]#[N+]c1cnc2ccc(-c3c(-c4cccc(C)n4)nn(C)c3CC)cn12.[H-].[Na+]. The van der Waals surface area contributed by atoms with Gasteiger partial charge >= 0.3 is 29.6 Å². The number of H-pyrrole nitrogens is 1. The molecule has 0 saturated heterocycles. The number of rotatable bonds is 11. The molecule has 79 heavy (non-hydrogen) atoms. The van der Waals surface area contributed by atoms with Crippen LogP contribution in [0.25, 0.3) is 94.2 Å². The molecule has 19 nitrogen and oxygen atoms in total. The summed E-state index contributed by atoms with van der Waals surface area (Å²) >= 11 is 0. The predicted octanol–water partition coefficient (Wildman–Crippen LogP) is 8.78. The normalized spacial score (nSPS) is 10.9. The van der Waals surface area contributed by atoms with Gasteiger partial charge in [0.05, 0.1) is 48.1 Å². The molecule has 0 atom stereocenters. The topological polar surface area (TPSA) is 193 Å². The molecule has 0 spiro atoms. The molecule has 0 saturated carbocycles. The number of nitrogens with one attached hydrogen (secondary N) is 2. The molecule has 0 bridgehead atoms. The van der Waals surface area contributed by atoms with Crippen molar-refractivity contribution in [3.05, 3.63) is 185 Å². The number of imidazole rings is 3. The number of hydrogen-bond acceptors (Lipinski definition) is 10. The second kappa shape index (κ2) is 23.5. The van der Waals surface area contributed by atoms with Gasteiger partial charge in [-0.2, -0.15) is 15.3 Å². The van der Waals surface area contributed by atoms with Crippen LogP contribution in [0.4, 0.5) is 17.5 Å². The van der Waals surface area contributed by atoms with Crippen LogP contribution in [-0.4, -0.2) is 79.3 Å². The third kappa shape index (κ3) is 10.7. The number of fused-ring (bicyclic) bond motifs is 3. The minimum Gasteiger partial charge on any atom is -1.00 e. The molecular weight excluding hydrogens is 1000 g/mol. The van der Waals surface area contributed by atoms with E-state index in [0.29, 0.717) is 23.9 Å². The first kappa shape index (κ1) is 54.4. The fourth-order valence-corrected chi connectivity index (χ4v) is 9.74. The molecule has 12 aromatic heterocycles. The van der Waals surface area contributed by atoms with Gasteiger partial charge in [0.1, 0.15) is 28.5 Å². The first-order chi connectivity index (χ1) is 37.9. The van der Waals surface area contributed by atoms with Crippen molar-refractivity contribution in [2.45, 2.75) is 60.8 Å². The van der Waals surface area contributed by atoms with E-state index < -0.39 is 0 Å². The van der Waals surface area contributed by atoms with Crippen molar-refractivity contribution in [3.63, 3.8) is 0 Å². The van der Waals surface area contributed by atoms with Gasteiger partial charge in [0.25, 0.3) is 11.6 Å². The van der Waals surface area contributed by atoms with E-state index in [1.165, 1.54) is 0 Å². The molecule has 2 N–H and O–H groups in total. The van der Waals surface area contributed by atoms with E-state index in [1.54, 1.807) is 18.6 Å². The Labute approximate surface area is 479 Å². The van der Waals surface area contributed by atoms with Crippen LogP contribution in [0.5, 0.6) is 0 Å². The Morgan fingerprint density at radius 2 is 0.975 bits per heavy atom. The van der Waals surface area contributed by atoms with E-state index in [0.717, 1.165) is 138 Å². The second-order valence-corrected chi connectivity index (χ2v) is 18.4. The summed E-state index contributed by atoms with van der Waals surface area (Å²) in [6.45, 7) is 26.9. The fraction of sp³-hybridized carbons (Fsp3) is 0.186. The van der Waals surface area contributed by atoms with E-state index in [2.05, 4.69) is 75.9 Å². The number of carbonyl (C=O) groups excluding carboxylic acids is 1. The van der Waals surface area contributed by atoms with Crippen LogP contribution in [0.3, 0.4) is 0 Å². The molecular formula is C59H55N18NaO. The maximum atomic E-state index is 10.9. The van der Waals surface area contributed by atoms with Crippen LogP contribution in [-0.2, 0) is 38.2 Å². The van der Waals surface area contributed by atoms with Crippen molar-refractivity contribution >= 4 is 40.8 Å². The van der Waals surface area contributed by atoms with Crippen LogP contribution in [0, 0.1) is 33.9 Å². The van der Waals surface area contributed by atoms with Crippen LogP contribution in [0.2, 0.25) is 0 Å². The van der Waals surface area contributed by atoms with Crippen molar-refractivity contribution in [2.24, 2.45) is 14.1 Å². The minimum absolute atomic E-state index is 0. The quantitative estimate of drug-likeness (QED) is 0.0719. The smallest absolute Gasteiger partial charge is 1.00 e. The molecule has 20 heteroatoms. The van der Waals surface area contributed by atoms with Crippen molar-refractivity contribution in [3.8, 4) is 67.5 Å². The molecule has 0 aliphatic carbocycles. The van der Waals surface area contributed by atoms with Crippen molar-refractivity contribution in [1.29, 1.82) is 0 Å². The van der Waals surface area contributed by atoms with Crippen LogP contribution in [0.1, 0.15) is 56.4 Å². The van der Waals surface area contributed by atoms with Gasteiger partial charge in [-0.1, -0.05) is 52.1 Å². The molecule has 0 aliphatic rings. The van der Waals surface area contributed by atoms with Crippen molar-refractivity contribution < 1.29 is 35.8 Å². The van der Waals surface area contributed by atoms with E-state index >= 15 is 0 Å². The number of nitrogens with zero attached hydrogens (tertiary/aromatic N) is 16. The summed E-state index contributed by atoms with van der Waals surface area (Å²) in [5, 5.41) is 19.8. The Hall–Kier alpha value is -9.40. The van der Waals surface area contributed by atoms with Gasteiger partial charge in [-0.15, -0.1) is 0 Å². The third-order valence-electron chi connectivity index (χ3n) is 13.4. The number of carbonyl (C=O) groups is 1. The Morgan fingerprint density at radius 1 is 0.557 bits per heavy atom. The number of amides is 1. The first-order valence-corrected chi connectivity index (χ1v) is 25.3. The van der Waals surface area contributed by atoms with Crippen molar-refractivity contribution in [1.82, 2.24) is 72.9 Å². The van der Waals surface area contributed by atoms with Gasteiger partial charge in [-0.3, -0.25) is 38.6 Å². The van der Waals surface area contributed by atoms with Gasteiger partial charge in [0.2, 0.25) is 17.7 Å². The fourth-order valence-electron chi connectivity index (χ4n) is 9.74. The largest absolute Gasteiger partial charge is 1.00 e. The van der Waals surface area contributed by atoms with Gasteiger partial charge in [-0.25, -0.2) is 23.8 Å². The van der Waals surface area contributed by atoms with Gasteiger partial charge in [0.15, 0.2) is 0 Å². The Balaban J connectivity index is 0.000000156. The third-order valence-corrected chi connectivity index (χ3v) is 13.4. The Kier molecular flexibility index (Phi) is 16.2. The molecule has 0 aromatic carbocycles. The molecule has 0 fully saturated rings. The summed E-state index contributed by atoms with van der Waals surface area (Å²) in [6.07, 6.45) is 13.9. The summed E-state index contributed by atoms with van der Waals surface area (Å²) in [5.74, 6) is 1.62. The Bertz CT molecular complexity index is 4300. The maximum absolute atomic E-state index is 10.9. The molecule has 0 aliphatic heterocycles. The van der Waals surface area contributed by atoms with Gasteiger partial charge in [-0.05, 0) is 101 Å². The van der Waals surface area contributed by atoms with E-state index in [9.17, 15) is 4.79 Å². The molecule has 0 unspecified atom stereocenters. The van der Waals surface area contributed by atoms with Crippen LogP contribution in [0.15, 0.2) is 128 Å². The van der Waals surface area contributed by atoms with Crippen molar-refractivity contribution in [2.75, 3.05) is 5.32 Å². The number of aromatic nitrogens is 15. The molecule has 12 heterocycles. The number of aromatic amines is 1. The summed E-state index contributed by atoms with van der Waals surface area (Å²) in [7, 11) is 3.92. The zero-order chi connectivity index (χ0) is 54.6. The zero-order valence-corrected chi connectivity index (χ0v) is 47.4. The predicted molar refractivity (Wildman–Crippen MR) is 303 cm³/mol. The number of pyridine rings is 6. The first-order valence-electron chi connectivity index (χ1n) is 25.3. The van der Waals surface area contributed by atoms with E-state index in [-0.39, 0.29) is 31.0 Å². The number of anilines is 1. The van der Waals surface area contributed by atoms with Crippen LogP contribution < -0.4 is 34.9 Å². The molecule has 0 radical (unpaired) electrons. The average molecular weight is 1060 g/mol. The summed E-state index contributed by atoms with van der Waals surface area (Å²) in [4.78, 5) is 44.8. The minimum atomic E-state index is 0. The van der Waals surface area contributed by atoms with E-state index in [4.69, 9.17) is 23.3 Å². The van der Waals surface area contributed by atoms with E-state index in [1.807, 2.05) is 167 Å². The maximum Gasteiger partial charge on any atom is 1.00 e. The Morgan fingerprint density at radius 3 is 1.39 bits per heavy atom. The van der Waals surface area contributed by atoms with Gasteiger partial charge < -0.3 is 16.4 Å². The summed E-state index contributed by atoms with van der Waals surface area (Å²) in [5.41, 5.74) is 19.6. The standard InChI is InChI=1S/C20H20N6O.C20H18N6.C19H16N6.Na.H/c1-4-16-19(20(24-25(16)3)15-7-5-6-13(2)23-15)14-8-9-17-21-10-18(22-12-27)26(17)11-14;1-5-16-19(14-9-10-17-22-11-18(21-3)26(17)12-14)20(24-25(16)4)15-8-6-7-13(2)23-15;1-4-14-18(19(24-23-14)15-7-5-6-12(2)22-15)13-8-9-16-21-10-17(20-3)25(16)11-13;;/h5-12H,4H2,1-3H3,(H,22,27);6-12H,5H2,1-2,4H3;5-11H,4H2,1-2H3,(H,23,24);;/q;;;+1;-1. The number of aryl methyl sites for hydroxylation is 6. The molecule has 12 rings (SSSR count). The summed E-state index contributed by atoms with van der Waals surface area (Å²) < 4.78 is 9.33. The molecule has 12 aromatic rings. The van der Waals surface area contributed by atoms with Crippen LogP contribution >= 0.6 is 0 Å². The monoisotopic (exact) mass is 1050 g/mol. The average Bonchev–Trinajstić information content (AvgIpc) is 4.33. The number of hydrogen-bond donors (Lipinski definition) is 2.